The maximum absolute atomic E-state index is 11.8. The Morgan fingerprint density at radius 2 is 2.41 bits per heavy atom. The standard InChI is InChI=1S/C10H11N5O2/c1-5-11-10(14-13-5)12-9(16)7-4-8(17-15-7)6-2-3-6/h4,6H,2-3H2,1H3,(H2,11,12,13,14,16). The van der Waals surface area contributed by atoms with Crippen molar-refractivity contribution in [1.82, 2.24) is 20.3 Å². The summed E-state index contributed by atoms with van der Waals surface area (Å²) in [5.41, 5.74) is 0.259. The molecule has 0 bridgehead atoms. The number of rotatable bonds is 3. The Morgan fingerprint density at radius 3 is 3.06 bits per heavy atom. The summed E-state index contributed by atoms with van der Waals surface area (Å²) in [7, 11) is 0. The van der Waals surface area contributed by atoms with Crippen molar-refractivity contribution < 1.29 is 9.32 Å². The van der Waals surface area contributed by atoms with E-state index in [1.165, 1.54) is 0 Å². The molecule has 2 aromatic heterocycles. The lowest BCUT2D eigenvalue weighted by molar-refractivity contribution is 0.101. The first-order chi connectivity index (χ1) is 8.22. The molecule has 2 aromatic rings. The largest absolute Gasteiger partial charge is 0.360 e. The van der Waals surface area contributed by atoms with Gasteiger partial charge in [0, 0.05) is 12.0 Å². The second-order valence-corrected chi connectivity index (χ2v) is 4.09. The summed E-state index contributed by atoms with van der Waals surface area (Å²) >= 11 is 0. The third kappa shape index (κ3) is 2.03. The van der Waals surface area contributed by atoms with E-state index in [1.807, 2.05) is 0 Å². The van der Waals surface area contributed by atoms with E-state index in [2.05, 4.69) is 25.7 Å². The van der Waals surface area contributed by atoms with Gasteiger partial charge in [-0.25, -0.2) is 0 Å². The Balaban J connectivity index is 1.72. The lowest BCUT2D eigenvalue weighted by Gasteiger charge is -1.94. The Kier molecular flexibility index (Phi) is 2.17. The molecule has 0 unspecified atom stereocenters. The molecule has 0 aliphatic heterocycles. The monoisotopic (exact) mass is 233 g/mol. The number of nitrogens with one attached hydrogen (secondary N) is 2. The molecule has 7 heteroatoms. The first kappa shape index (κ1) is 10.0. The van der Waals surface area contributed by atoms with Crippen molar-refractivity contribution in [3.63, 3.8) is 0 Å². The Hall–Kier alpha value is -2.18. The zero-order valence-corrected chi connectivity index (χ0v) is 9.23. The molecule has 1 saturated carbocycles. The second kappa shape index (κ2) is 3.69. The number of anilines is 1. The minimum absolute atomic E-state index is 0.239. The molecular weight excluding hydrogens is 222 g/mol. The van der Waals surface area contributed by atoms with Crippen molar-refractivity contribution >= 4 is 11.9 Å². The zero-order valence-electron chi connectivity index (χ0n) is 9.23. The summed E-state index contributed by atoms with van der Waals surface area (Å²) < 4.78 is 5.09. The molecule has 3 rings (SSSR count). The van der Waals surface area contributed by atoms with Crippen LogP contribution in [0, 0.1) is 6.92 Å². The smallest absolute Gasteiger partial charge is 0.280 e. The zero-order chi connectivity index (χ0) is 11.8. The van der Waals surface area contributed by atoms with Crippen molar-refractivity contribution in [3.05, 3.63) is 23.3 Å². The van der Waals surface area contributed by atoms with Gasteiger partial charge in [0.05, 0.1) is 0 Å². The number of aryl methyl sites for hydroxylation is 1. The highest BCUT2D eigenvalue weighted by atomic mass is 16.5. The van der Waals surface area contributed by atoms with Gasteiger partial charge in [-0.15, -0.1) is 5.10 Å². The van der Waals surface area contributed by atoms with Crippen molar-refractivity contribution in [1.29, 1.82) is 0 Å². The SMILES string of the molecule is Cc1nc(NC(=O)c2cc(C3CC3)on2)n[nH]1. The van der Waals surface area contributed by atoms with Gasteiger partial charge >= 0.3 is 0 Å². The van der Waals surface area contributed by atoms with Crippen molar-refractivity contribution in [2.24, 2.45) is 0 Å². The fourth-order valence-electron chi connectivity index (χ4n) is 1.52. The van der Waals surface area contributed by atoms with Crippen LogP contribution in [0.5, 0.6) is 0 Å². The molecule has 0 aromatic carbocycles. The van der Waals surface area contributed by atoms with Gasteiger partial charge in [-0.1, -0.05) is 5.16 Å². The highest BCUT2D eigenvalue weighted by molar-refractivity contribution is 6.01. The summed E-state index contributed by atoms with van der Waals surface area (Å²) in [5, 5.41) is 12.7. The minimum Gasteiger partial charge on any atom is -0.360 e. The molecular formula is C10H11N5O2. The Labute approximate surface area is 96.6 Å². The normalized spacial score (nSPS) is 14.9. The van der Waals surface area contributed by atoms with Crippen LogP contribution in [0.2, 0.25) is 0 Å². The van der Waals surface area contributed by atoms with Gasteiger partial charge in [0.2, 0.25) is 5.95 Å². The van der Waals surface area contributed by atoms with Crippen LogP contribution in [0.15, 0.2) is 10.6 Å². The predicted octanol–water partition coefficient (Wildman–Crippen LogP) is 1.23. The van der Waals surface area contributed by atoms with Gasteiger partial charge in [-0.3, -0.25) is 15.2 Å². The second-order valence-electron chi connectivity index (χ2n) is 4.09. The minimum atomic E-state index is -0.361. The first-order valence-electron chi connectivity index (χ1n) is 5.39. The molecule has 88 valence electrons. The van der Waals surface area contributed by atoms with Crippen LogP contribution in [0.1, 0.15) is 40.8 Å². The molecule has 17 heavy (non-hydrogen) atoms. The Bertz CT molecular complexity index is 555. The number of aromatic nitrogens is 4. The average Bonchev–Trinajstić information content (AvgIpc) is 2.88. The van der Waals surface area contributed by atoms with E-state index >= 15 is 0 Å². The maximum atomic E-state index is 11.8. The summed E-state index contributed by atoms with van der Waals surface area (Å²) in [6.07, 6.45) is 2.22. The lowest BCUT2D eigenvalue weighted by atomic mass is 10.3. The van der Waals surface area contributed by atoms with E-state index in [4.69, 9.17) is 4.52 Å². The third-order valence-corrected chi connectivity index (χ3v) is 2.56. The molecule has 2 heterocycles. The van der Waals surface area contributed by atoms with Crippen molar-refractivity contribution in [3.8, 4) is 0 Å². The number of amides is 1. The molecule has 0 saturated heterocycles. The van der Waals surface area contributed by atoms with Crippen LogP contribution >= 0.6 is 0 Å². The first-order valence-corrected chi connectivity index (χ1v) is 5.39. The molecule has 0 spiro atoms. The van der Waals surface area contributed by atoms with Crippen LogP contribution in [-0.4, -0.2) is 26.2 Å². The van der Waals surface area contributed by atoms with E-state index in [0.29, 0.717) is 11.7 Å². The van der Waals surface area contributed by atoms with Crippen molar-refractivity contribution in [2.45, 2.75) is 25.7 Å². The summed E-state index contributed by atoms with van der Waals surface area (Å²) in [6, 6.07) is 1.67. The van der Waals surface area contributed by atoms with Crippen LogP contribution < -0.4 is 5.32 Å². The number of aromatic amines is 1. The van der Waals surface area contributed by atoms with Gasteiger partial charge in [0.1, 0.15) is 11.6 Å². The number of H-pyrrole nitrogens is 1. The number of nitrogens with zero attached hydrogens (tertiary/aromatic N) is 3. The third-order valence-electron chi connectivity index (χ3n) is 2.56. The van der Waals surface area contributed by atoms with E-state index < -0.39 is 0 Å². The molecule has 0 atom stereocenters. The van der Waals surface area contributed by atoms with E-state index in [9.17, 15) is 4.79 Å². The molecule has 1 aliphatic carbocycles. The molecule has 7 nitrogen and oxygen atoms in total. The van der Waals surface area contributed by atoms with E-state index in [0.717, 1.165) is 18.6 Å². The molecule has 0 radical (unpaired) electrons. The number of hydrogen-bond acceptors (Lipinski definition) is 5. The summed E-state index contributed by atoms with van der Waals surface area (Å²) in [5.74, 6) is 1.73. The molecule has 1 fully saturated rings. The quantitative estimate of drug-likeness (QED) is 0.831. The molecule has 1 amide bonds. The topological polar surface area (TPSA) is 96.7 Å². The fraction of sp³-hybridized carbons (Fsp3) is 0.400. The average molecular weight is 233 g/mol. The van der Waals surface area contributed by atoms with E-state index in [1.54, 1.807) is 13.0 Å². The summed E-state index contributed by atoms with van der Waals surface area (Å²) in [4.78, 5) is 15.7. The highest BCUT2D eigenvalue weighted by Gasteiger charge is 2.29. The fourth-order valence-corrected chi connectivity index (χ4v) is 1.52. The van der Waals surface area contributed by atoms with Gasteiger partial charge in [0.15, 0.2) is 5.69 Å². The van der Waals surface area contributed by atoms with Gasteiger partial charge in [-0.05, 0) is 19.8 Å². The van der Waals surface area contributed by atoms with Crippen LogP contribution in [0.4, 0.5) is 5.95 Å². The maximum Gasteiger partial charge on any atom is 0.280 e. The molecule has 1 aliphatic rings. The number of carbonyl (C=O) groups is 1. The number of carbonyl (C=O) groups excluding carboxylic acids is 1. The van der Waals surface area contributed by atoms with E-state index in [-0.39, 0.29) is 17.5 Å². The lowest BCUT2D eigenvalue weighted by Crippen LogP contribution is -2.13. The van der Waals surface area contributed by atoms with Crippen LogP contribution in [0.25, 0.3) is 0 Å². The summed E-state index contributed by atoms with van der Waals surface area (Å²) in [6.45, 7) is 1.75. The Morgan fingerprint density at radius 1 is 1.59 bits per heavy atom. The van der Waals surface area contributed by atoms with Gasteiger partial charge < -0.3 is 4.52 Å². The molecule has 2 N–H and O–H groups in total. The van der Waals surface area contributed by atoms with Crippen molar-refractivity contribution in [2.75, 3.05) is 5.32 Å². The van der Waals surface area contributed by atoms with Gasteiger partial charge in [-0.2, -0.15) is 4.98 Å². The number of hydrogen-bond donors (Lipinski definition) is 2. The van der Waals surface area contributed by atoms with Gasteiger partial charge in [0.25, 0.3) is 5.91 Å². The predicted molar refractivity (Wildman–Crippen MR) is 57.6 cm³/mol. The van der Waals surface area contributed by atoms with Crippen LogP contribution in [-0.2, 0) is 0 Å². The highest BCUT2D eigenvalue weighted by Crippen LogP contribution is 2.40. The van der Waals surface area contributed by atoms with Crippen LogP contribution in [0.3, 0.4) is 0 Å².